The van der Waals surface area contributed by atoms with Crippen LogP contribution < -0.4 is 4.90 Å². The summed E-state index contributed by atoms with van der Waals surface area (Å²) in [5.74, 6) is 0.932. The van der Waals surface area contributed by atoms with Gasteiger partial charge in [-0.2, -0.15) is 18.2 Å². The molecule has 2 fully saturated rings. The monoisotopic (exact) mass is 632 g/mol. The zero-order chi connectivity index (χ0) is 31.2. The molecule has 1 aliphatic heterocycles. The number of imidazole rings is 1. The zero-order valence-electron chi connectivity index (χ0n) is 23.7. The van der Waals surface area contributed by atoms with Crippen LogP contribution in [0.4, 0.5) is 23.9 Å². The van der Waals surface area contributed by atoms with E-state index in [0.717, 1.165) is 35.6 Å². The van der Waals surface area contributed by atoms with Gasteiger partial charge >= 0.3 is 12.3 Å². The van der Waals surface area contributed by atoms with Crippen LogP contribution in [-0.4, -0.2) is 65.6 Å². The van der Waals surface area contributed by atoms with Crippen LogP contribution in [-0.2, 0) is 18.1 Å². The fourth-order valence-electron chi connectivity index (χ4n) is 6.58. The maximum Gasteiger partial charge on any atom is 0.434 e. The number of hydrogen-bond acceptors (Lipinski definition) is 8. The maximum atomic E-state index is 13.4. The number of pyridine rings is 2. The molecule has 2 N–H and O–H groups in total. The van der Waals surface area contributed by atoms with E-state index in [1.165, 1.54) is 23.2 Å². The topological polar surface area (TPSA) is 124 Å². The molecule has 3 atom stereocenters. The van der Waals surface area contributed by atoms with E-state index >= 15 is 0 Å². The number of carbonyl (C=O) groups is 1. The highest BCUT2D eigenvalue weighted by atomic mass is 32.2. The van der Waals surface area contributed by atoms with Gasteiger partial charge in [-0.3, -0.25) is 9.97 Å². The number of alkyl halides is 3. The molecule has 45 heavy (non-hydrogen) atoms. The molecule has 0 bridgehead atoms. The van der Waals surface area contributed by atoms with Crippen molar-refractivity contribution in [2.75, 3.05) is 24.5 Å². The van der Waals surface area contributed by atoms with Crippen LogP contribution in [0.1, 0.15) is 23.4 Å². The zero-order valence-corrected chi connectivity index (χ0v) is 24.5. The van der Waals surface area contributed by atoms with E-state index in [1.807, 2.05) is 48.5 Å². The van der Waals surface area contributed by atoms with E-state index in [0.29, 0.717) is 36.9 Å². The van der Waals surface area contributed by atoms with Crippen LogP contribution in [0, 0.1) is 11.8 Å². The number of rotatable bonds is 8. The van der Waals surface area contributed by atoms with Gasteiger partial charge in [0.25, 0.3) is 0 Å². The third-order valence-corrected chi connectivity index (χ3v) is 9.59. The lowest BCUT2D eigenvalue weighted by atomic mass is 9.94. The number of anilines is 1. The van der Waals surface area contributed by atoms with Crippen molar-refractivity contribution in [2.45, 2.75) is 34.5 Å². The molecule has 5 aromatic rings. The third kappa shape index (κ3) is 5.54. The van der Waals surface area contributed by atoms with Crippen molar-refractivity contribution >= 4 is 35.1 Å². The Morgan fingerprint density at radius 2 is 1.82 bits per heavy atom. The summed E-state index contributed by atoms with van der Waals surface area (Å²) in [5.41, 5.74) is 1.08. The highest BCUT2D eigenvalue weighted by Crippen LogP contribution is 2.63. The standard InChI is InChI=1S/C31H27F3N8O2S/c32-31(33,34)25-22(9-6-13-36-25)45-24-15-37-26-27(38-24)40-28(39-26)41-14-11-20-21(17-41)30(20,23-10-4-5-12-35-23)18-42(29(43)44)16-19-7-2-1-3-8-19/h1-10,12-13,15,20-21H,11,14,16-18H2,(H,43,44)(H,37,38,39,40). The first-order valence-electron chi connectivity index (χ1n) is 14.3. The van der Waals surface area contributed by atoms with Gasteiger partial charge in [0.15, 0.2) is 17.0 Å². The molecule has 0 spiro atoms. The molecule has 1 amide bonds. The summed E-state index contributed by atoms with van der Waals surface area (Å²) in [6.45, 7) is 1.88. The fraction of sp³-hybridized carbons (Fsp3) is 0.290. The number of piperidine rings is 1. The van der Waals surface area contributed by atoms with Gasteiger partial charge in [0.2, 0.25) is 5.95 Å². The first-order chi connectivity index (χ1) is 21.7. The molecule has 10 nitrogen and oxygen atoms in total. The first kappa shape index (κ1) is 29.0. The number of nitrogens with zero attached hydrogens (tertiary/aromatic N) is 7. The number of fused-ring (bicyclic) bond motifs is 2. The molecule has 0 radical (unpaired) electrons. The van der Waals surface area contributed by atoms with Crippen molar-refractivity contribution in [3.63, 3.8) is 0 Å². The Morgan fingerprint density at radius 1 is 1.02 bits per heavy atom. The Bertz CT molecular complexity index is 1840. The number of halogens is 3. The van der Waals surface area contributed by atoms with Crippen LogP contribution >= 0.6 is 11.8 Å². The lowest BCUT2D eigenvalue weighted by Crippen LogP contribution is -2.38. The van der Waals surface area contributed by atoms with E-state index < -0.39 is 23.4 Å². The van der Waals surface area contributed by atoms with E-state index in [2.05, 4.69) is 29.8 Å². The van der Waals surface area contributed by atoms with Crippen molar-refractivity contribution in [1.82, 2.24) is 34.8 Å². The van der Waals surface area contributed by atoms with Gasteiger partial charge in [-0.05, 0) is 48.1 Å². The summed E-state index contributed by atoms with van der Waals surface area (Å²) in [6, 6.07) is 18.1. The van der Waals surface area contributed by atoms with Gasteiger partial charge < -0.3 is 19.9 Å². The molecule has 1 saturated heterocycles. The van der Waals surface area contributed by atoms with Crippen LogP contribution in [0.2, 0.25) is 0 Å². The molecule has 1 aromatic carbocycles. The Balaban J connectivity index is 1.13. The second kappa shape index (κ2) is 11.3. The highest BCUT2D eigenvalue weighted by molar-refractivity contribution is 7.99. The first-order valence-corrected chi connectivity index (χ1v) is 15.1. The molecule has 14 heteroatoms. The summed E-state index contributed by atoms with van der Waals surface area (Å²) >= 11 is 0.837. The molecular formula is C31H27F3N8O2S. The van der Waals surface area contributed by atoms with Gasteiger partial charge in [-0.15, -0.1) is 0 Å². The smallest absolute Gasteiger partial charge is 0.434 e. The highest BCUT2D eigenvalue weighted by Gasteiger charge is 2.68. The van der Waals surface area contributed by atoms with Crippen LogP contribution in [0.15, 0.2) is 89.2 Å². The average Bonchev–Trinajstić information content (AvgIpc) is 3.47. The summed E-state index contributed by atoms with van der Waals surface area (Å²) in [7, 11) is 0. The number of H-pyrrole nitrogens is 1. The molecule has 5 heterocycles. The number of aromatic nitrogens is 6. The minimum absolute atomic E-state index is 0.0669. The second-order valence-electron chi connectivity index (χ2n) is 11.2. The van der Waals surface area contributed by atoms with Crippen molar-refractivity contribution in [1.29, 1.82) is 0 Å². The van der Waals surface area contributed by atoms with Crippen molar-refractivity contribution < 1.29 is 23.1 Å². The minimum atomic E-state index is -4.59. The normalized spacial score (nSPS) is 21.0. The Morgan fingerprint density at radius 3 is 2.58 bits per heavy atom. The second-order valence-corrected chi connectivity index (χ2v) is 12.3. The largest absolute Gasteiger partial charge is 0.465 e. The average molecular weight is 633 g/mol. The third-order valence-electron chi connectivity index (χ3n) is 8.63. The molecule has 1 saturated carbocycles. The fourth-order valence-corrected chi connectivity index (χ4v) is 7.46. The quantitative estimate of drug-likeness (QED) is 0.216. The number of amides is 1. The minimum Gasteiger partial charge on any atom is -0.465 e. The summed E-state index contributed by atoms with van der Waals surface area (Å²) < 4.78 is 40.3. The summed E-state index contributed by atoms with van der Waals surface area (Å²) in [4.78, 5) is 40.8. The predicted octanol–water partition coefficient (Wildman–Crippen LogP) is 5.89. The van der Waals surface area contributed by atoms with Crippen LogP contribution in [0.25, 0.3) is 11.3 Å². The van der Waals surface area contributed by atoms with Gasteiger partial charge in [-0.25, -0.2) is 14.8 Å². The number of nitrogens with one attached hydrogen (secondary N) is 1. The van der Waals surface area contributed by atoms with E-state index in [-0.39, 0.29) is 28.3 Å². The number of benzene rings is 1. The Labute approximate surface area is 259 Å². The van der Waals surface area contributed by atoms with Crippen molar-refractivity contribution in [3.05, 3.63) is 96.2 Å². The van der Waals surface area contributed by atoms with E-state index in [9.17, 15) is 23.1 Å². The number of carboxylic acid groups (broad SMARTS) is 1. The lowest BCUT2D eigenvalue weighted by Gasteiger charge is -2.27. The summed E-state index contributed by atoms with van der Waals surface area (Å²) in [6.07, 6.45) is -0.512. The van der Waals surface area contributed by atoms with Gasteiger partial charge in [0.1, 0.15) is 5.03 Å². The van der Waals surface area contributed by atoms with E-state index in [4.69, 9.17) is 4.98 Å². The molecule has 4 aromatic heterocycles. The van der Waals surface area contributed by atoms with Gasteiger partial charge in [0, 0.05) is 54.6 Å². The molecule has 3 unspecified atom stereocenters. The molecular weight excluding hydrogens is 605 g/mol. The number of aromatic amines is 1. The summed E-state index contributed by atoms with van der Waals surface area (Å²) in [5, 5.41) is 10.5. The maximum absolute atomic E-state index is 13.4. The molecule has 7 rings (SSSR count). The predicted molar refractivity (Wildman–Crippen MR) is 160 cm³/mol. The van der Waals surface area contributed by atoms with Gasteiger partial charge in [0.05, 0.1) is 6.20 Å². The SMILES string of the molecule is O=C(O)N(Cc1ccccc1)CC1(c2ccccn2)C2CCN(c3nc4ncc(Sc5cccnc5C(F)(F)F)nc4[nH]3)CC21. The van der Waals surface area contributed by atoms with E-state index in [1.54, 1.807) is 6.20 Å². The lowest BCUT2D eigenvalue weighted by molar-refractivity contribution is -0.143. The Hall–Kier alpha value is -4.72. The van der Waals surface area contributed by atoms with Crippen LogP contribution in [0.3, 0.4) is 0 Å². The Kier molecular flexibility index (Phi) is 7.30. The van der Waals surface area contributed by atoms with Crippen molar-refractivity contribution in [2.24, 2.45) is 11.8 Å². The molecule has 2 aliphatic rings. The molecule has 230 valence electrons. The van der Waals surface area contributed by atoms with Crippen LogP contribution in [0.5, 0.6) is 0 Å². The van der Waals surface area contributed by atoms with Crippen molar-refractivity contribution in [3.8, 4) is 0 Å². The van der Waals surface area contributed by atoms with Gasteiger partial charge in [-0.1, -0.05) is 48.2 Å². The molecule has 1 aliphatic carbocycles. The number of hydrogen-bond donors (Lipinski definition) is 2.